The SMILES string of the molecule is FC(F)(F)c1ccc(-c2cc3sc(-c4ccc(C(F)(F)F)cc4)cc3s2)cc1. The molecular weight excluding hydrogens is 418 g/mol. The Bertz CT molecular complexity index is 994. The van der Waals surface area contributed by atoms with Gasteiger partial charge in [-0.3, -0.25) is 0 Å². The van der Waals surface area contributed by atoms with E-state index in [1.807, 2.05) is 12.1 Å². The minimum Gasteiger partial charge on any atom is -0.166 e. The van der Waals surface area contributed by atoms with E-state index in [1.54, 1.807) is 0 Å². The number of fused-ring (bicyclic) bond motifs is 1. The van der Waals surface area contributed by atoms with Crippen LogP contribution in [0.2, 0.25) is 0 Å². The van der Waals surface area contributed by atoms with E-state index in [1.165, 1.54) is 46.9 Å². The van der Waals surface area contributed by atoms with Crippen LogP contribution in [0, 0.1) is 0 Å². The molecule has 0 fully saturated rings. The molecule has 0 N–H and O–H groups in total. The summed E-state index contributed by atoms with van der Waals surface area (Å²) in [5.41, 5.74) is -0.00613. The quantitative estimate of drug-likeness (QED) is 0.282. The Morgan fingerprint density at radius 1 is 0.500 bits per heavy atom. The van der Waals surface area contributed by atoms with E-state index in [0.29, 0.717) is 11.1 Å². The van der Waals surface area contributed by atoms with Gasteiger partial charge in [-0.2, -0.15) is 26.3 Å². The second-order valence-electron chi connectivity index (χ2n) is 6.10. The maximum absolute atomic E-state index is 12.7. The lowest BCUT2D eigenvalue weighted by Crippen LogP contribution is -2.03. The Hall–Kier alpha value is -2.32. The number of rotatable bonds is 2. The monoisotopic (exact) mass is 428 g/mol. The molecule has 0 bridgehead atoms. The number of benzene rings is 2. The van der Waals surface area contributed by atoms with Crippen molar-refractivity contribution in [2.45, 2.75) is 12.4 Å². The number of hydrogen-bond donors (Lipinski definition) is 0. The Kier molecular flexibility index (Phi) is 4.50. The number of alkyl halides is 6. The number of thiophene rings is 2. The zero-order chi connectivity index (χ0) is 20.1. The molecule has 0 atom stereocenters. The van der Waals surface area contributed by atoms with Crippen molar-refractivity contribution in [2.75, 3.05) is 0 Å². The first-order chi connectivity index (χ1) is 13.1. The average molecular weight is 428 g/mol. The predicted octanol–water partition coefficient (Wildman–Crippen LogP) is 8.33. The summed E-state index contributed by atoms with van der Waals surface area (Å²) >= 11 is 2.87. The molecule has 144 valence electrons. The van der Waals surface area contributed by atoms with Crippen LogP contribution >= 0.6 is 22.7 Å². The lowest BCUT2D eigenvalue weighted by atomic mass is 10.1. The zero-order valence-electron chi connectivity index (χ0n) is 13.9. The first-order valence-corrected chi connectivity index (χ1v) is 9.63. The fraction of sp³-hybridized carbons (Fsp3) is 0.100. The average Bonchev–Trinajstić information content (AvgIpc) is 3.19. The molecule has 0 aliphatic carbocycles. The van der Waals surface area contributed by atoms with Crippen LogP contribution in [0.15, 0.2) is 60.7 Å². The maximum Gasteiger partial charge on any atom is 0.416 e. The molecule has 2 heterocycles. The minimum absolute atomic E-state index is 0.692. The molecule has 8 heteroatoms. The Labute approximate surface area is 163 Å². The number of hydrogen-bond acceptors (Lipinski definition) is 2. The van der Waals surface area contributed by atoms with Crippen LogP contribution in [0.25, 0.3) is 30.3 Å². The molecule has 0 saturated carbocycles. The molecule has 0 unspecified atom stereocenters. The molecule has 0 radical (unpaired) electrons. The van der Waals surface area contributed by atoms with Crippen molar-refractivity contribution >= 4 is 32.1 Å². The topological polar surface area (TPSA) is 0 Å². The molecule has 0 nitrogen and oxygen atoms in total. The van der Waals surface area contributed by atoms with Gasteiger partial charge in [-0.05, 0) is 47.5 Å². The molecule has 0 saturated heterocycles. The van der Waals surface area contributed by atoms with E-state index in [4.69, 9.17) is 0 Å². The third-order valence-corrected chi connectivity index (χ3v) is 6.59. The summed E-state index contributed by atoms with van der Waals surface area (Å²) in [5.74, 6) is 0. The molecule has 4 aromatic rings. The second-order valence-corrected chi connectivity index (χ2v) is 8.27. The van der Waals surface area contributed by atoms with Gasteiger partial charge in [0.05, 0.1) is 11.1 Å². The van der Waals surface area contributed by atoms with Gasteiger partial charge < -0.3 is 0 Å². The molecular formula is C20H10F6S2. The van der Waals surface area contributed by atoms with Crippen LogP contribution < -0.4 is 0 Å². The minimum atomic E-state index is -4.37. The Morgan fingerprint density at radius 2 is 0.821 bits per heavy atom. The van der Waals surface area contributed by atoms with Crippen molar-refractivity contribution in [2.24, 2.45) is 0 Å². The molecule has 0 aliphatic rings. The van der Waals surface area contributed by atoms with E-state index in [2.05, 4.69) is 0 Å². The summed E-state index contributed by atoms with van der Waals surface area (Å²) in [6.07, 6.45) is -8.74. The van der Waals surface area contributed by atoms with Gasteiger partial charge in [0.1, 0.15) is 0 Å². The maximum atomic E-state index is 12.7. The van der Waals surface area contributed by atoms with Gasteiger partial charge in [0.25, 0.3) is 0 Å². The van der Waals surface area contributed by atoms with E-state index in [-0.39, 0.29) is 0 Å². The van der Waals surface area contributed by atoms with Crippen LogP contribution in [0.5, 0.6) is 0 Å². The van der Waals surface area contributed by atoms with Gasteiger partial charge in [0.15, 0.2) is 0 Å². The Balaban J connectivity index is 1.61. The van der Waals surface area contributed by atoms with E-state index >= 15 is 0 Å². The third-order valence-electron chi connectivity index (χ3n) is 4.20. The molecule has 4 rings (SSSR count). The largest absolute Gasteiger partial charge is 0.416 e. The first-order valence-electron chi connectivity index (χ1n) is 8.00. The van der Waals surface area contributed by atoms with Gasteiger partial charge >= 0.3 is 12.4 Å². The Morgan fingerprint density at radius 3 is 1.11 bits per heavy atom. The highest BCUT2D eigenvalue weighted by Crippen LogP contribution is 2.42. The molecule has 2 aromatic heterocycles. The van der Waals surface area contributed by atoms with Gasteiger partial charge in [-0.1, -0.05) is 24.3 Å². The zero-order valence-corrected chi connectivity index (χ0v) is 15.5. The summed E-state index contributed by atoms with van der Waals surface area (Å²) in [5, 5.41) is 0. The van der Waals surface area contributed by atoms with Crippen LogP contribution in [-0.2, 0) is 12.4 Å². The summed E-state index contributed by atoms with van der Waals surface area (Å²) < 4.78 is 77.9. The van der Waals surface area contributed by atoms with E-state index < -0.39 is 23.5 Å². The van der Waals surface area contributed by atoms with Crippen LogP contribution in [0.3, 0.4) is 0 Å². The summed E-state index contributed by atoms with van der Waals surface area (Å²) in [6.45, 7) is 0. The highest BCUT2D eigenvalue weighted by molar-refractivity contribution is 7.31. The summed E-state index contributed by atoms with van der Waals surface area (Å²) in [7, 11) is 0. The molecule has 0 aliphatic heterocycles. The van der Waals surface area contributed by atoms with Crippen molar-refractivity contribution in [1.82, 2.24) is 0 Å². The lowest BCUT2D eigenvalue weighted by Gasteiger charge is -2.07. The van der Waals surface area contributed by atoms with Crippen molar-refractivity contribution < 1.29 is 26.3 Å². The van der Waals surface area contributed by atoms with Crippen molar-refractivity contribution in [3.8, 4) is 20.9 Å². The standard InChI is InChI=1S/C20H10F6S2/c21-19(22,23)13-5-1-11(2-6-13)15-9-17-18(27-15)10-16(28-17)12-3-7-14(8-4-12)20(24,25)26/h1-10H. The highest BCUT2D eigenvalue weighted by Gasteiger charge is 2.30. The fourth-order valence-electron chi connectivity index (χ4n) is 2.77. The van der Waals surface area contributed by atoms with Gasteiger partial charge in [-0.15, -0.1) is 22.7 Å². The molecule has 28 heavy (non-hydrogen) atoms. The summed E-state index contributed by atoms with van der Waals surface area (Å²) in [4.78, 5) is 1.68. The van der Waals surface area contributed by atoms with Crippen LogP contribution in [-0.4, -0.2) is 0 Å². The third kappa shape index (κ3) is 3.66. The van der Waals surface area contributed by atoms with Crippen molar-refractivity contribution in [1.29, 1.82) is 0 Å². The van der Waals surface area contributed by atoms with Gasteiger partial charge in [-0.25, -0.2) is 0 Å². The smallest absolute Gasteiger partial charge is 0.166 e. The van der Waals surface area contributed by atoms with E-state index in [9.17, 15) is 26.3 Å². The summed E-state index contributed by atoms with van der Waals surface area (Å²) in [6, 6.07) is 13.7. The predicted molar refractivity (Wildman–Crippen MR) is 101 cm³/mol. The highest BCUT2D eigenvalue weighted by atomic mass is 32.1. The number of halogens is 6. The molecule has 0 spiro atoms. The van der Waals surface area contributed by atoms with Crippen molar-refractivity contribution in [3.05, 3.63) is 71.8 Å². The molecule has 0 amide bonds. The van der Waals surface area contributed by atoms with Crippen LogP contribution in [0.1, 0.15) is 11.1 Å². The van der Waals surface area contributed by atoms with Gasteiger partial charge in [0, 0.05) is 19.2 Å². The van der Waals surface area contributed by atoms with Crippen molar-refractivity contribution in [3.63, 3.8) is 0 Å². The second kappa shape index (κ2) is 6.63. The fourth-order valence-corrected chi connectivity index (χ4v) is 5.17. The molecule has 2 aromatic carbocycles. The van der Waals surface area contributed by atoms with E-state index in [0.717, 1.165) is 43.4 Å². The normalized spacial score (nSPS) is 12.6. The lowest BCUT2D eigenvalue weighted by molar-refractivity contribution is -0.138. The first kappa shape index (κ1) is 19.0. The van der Waals surface area contributed by atoms with Gasteiger partial charge in [0.2, 0.25) is 0 Å². The van der Waals surface area contributed by atoms with Crippen LogP contribution in [0.4, 0.5) is 26.3 Å².